The average molecular weight is 560 g/mol. The molecule has 0 spiro atoms. The summed E-state index contributed by atoms with van der Waals surface area (Å²) in [4.78, 5) is 21.0. The highest BCUT2D eigenvalue weighted by Gasteiger charge is 2.39. The second kappa shape index (κ2) is 10.9. The number of carbonyl (C=O) groups is 1. The number of nitrogens with one attached hydrogen (secondary N) is 1. The number of hydrogen-bond donors (Lipinski definition) is 2. The third-order valence-electron chi connectivity index (χ3n) is 5.94. The molecule has 3 aromatic rings. The molecule has 0 saturated heterocycles. The lowest BCUT2D eigenvalue weighted by atomic mass is 10.1. The van der Waals surface area contributed by atoms with E-state index in [4.69, 9.17) is 31.0 Å². The Kier molecular flexibility index (Phi) is 8.04. The van der Waals surface area contributed by atoms with Gasteiger partial charge in [-0.25, -0.2) is 9.97 Å². The van der Waals surface area contributed by atoms with Crippen molar-refractivity contribution in [3.05, 3.63) is 28.9 Å². The van der Waals surface area contributed by atoms with E-state index in [2.05, 4.69) is 31.0 Å². The van der Waals surface area contributed by atoms with Crippen molar-refractivity contribution in [1.29, 1.82) is 5.26 Å². The zero-order valence-corrected chi connectivity index (χ0v) is 24.0. The fourth-order valence-corrected chi connectivity index (χ4v) is 5.97. The van der Waals surface area contributed by atoms with E-state index in [0.29, 0.717) is 44.6 Å². The lowest BCUT2D eigenvalue weighted by Crippen LogP contribution is -2.24. The Bertz CT molecular complexity index is 1380. The summed E-state index contributed by atoms with van der Waals surface area (Å²) in [6, 6.07) is 6.32. The number of aromatic hydroxyl groups is 1. The highest BCUT2D eigenvalue weighted by Crippen LogP contribution is 2.43. The molecule has 37 heavy (non-hydrogen) atoms. The number of hydrogen-bond acceptors (Lipinski definition) is 8. The van der Waals surface area contributed by atoms with E-state index in [1.54, 1.807) is 6.20 Å². The first kappa shape index (κ1) is 27.3. The van der Waals surface area contributed by atoms with Gasteiger partial charge >= 0.3 is 0 Å². The highest BCUT2D eigenvalue weighted by molar-refractivity contribution is 8.00. The fourth-order valence-electron chi connectivity index (χ4n) is 3.88. The first-order valence-electron chi connectivity index (χ1n) is 11.9. The molecular weight excluding hydrogens is 530 g/mol. The normalized spacial score (nSPS) is 17.0. The number of nitriles is 1. The minimum absolute atomic E-state index is 0.0604. The molecule has 0 aliphatic heterocycles. The molecule has 196 valence electrons. The molecule has 4 rings (SSSR count). The van der Waals surface area contributed by atoms with Gasteiger partial charge in [-0.15, -0.1) is 0 Å². The topological polar surface area (TPSA) is 122 Å². The van der Waals surface area contributed by atoms with Crippen LogP contribution in [0.15, 0.2) is 23.5 Å². The third-order valence-corrected chi connectivity index (χ3v) is 9.18. The van der Waals surface area contributed by atoms with Crippen LogP contribution in [0.25, 0.3) is 22.3 Å². The van der Waals surface area contributed by atoms with Gasteiger partial charge in [-0.3, -0.25) is 4.79 Å². The zero-order chi connectivity index (χ0) is 26.9. The van der Waals surface area contributed by atoms with Gasteiger partial charge in [0, 0.05) is 50.7 Å². The summed E-state index contributed by atoms with van der Waals surface area (Å²) in [5.41, 5.74) is 1.81. The van der Waals surface area contributed by atoms with Crippen LogP contribution in [0.1, 0.15) is 18.9 Å². The summed E-state index contributed by atoms with van der Waals surface area (Å²) in [7, 11) is 0.188. The van der Waals surface area contributed by atoms with Crippen molar-refractivity contribution in [2.75, 3.05) is 13.7 Å². The molecule has 0 radical (unpaired) electrons. The summed E-state index contributed by atoms with van der Waals surface area (Å²) >= 11 is 8.06. The van der Waals surface area contributed by atoms with Crippen LogP contribution in [0.4, 0.5) is 0 Å². The van der Waals surface area contributed by atoms with Gasteiger partial charge in [0.1, 0.15) is 18.4 Å². The highest BCUT2D eigenvalue weighted by atomic mass is 35.5. The molecule has 2 N–H and O–H groups in total. The van der Waals surface area contributed by atoms with Gasteiger partial charge in [-0.1, -0.05) is 43.0 Å². The van der Waals surface area contributed by atoms with Crippen LogP contribution in [0, 0.1) is 11.3 Å². The van der Waals surface area contributed by atoms with Crippen molar-refractivity contribution < 1.29 is 19.4 Å². The van der Waals surface area contributed by atoms with E-state index < -0.39 is 8.07 Å². The van der Waals surface area contributed by atoms with Crippen LogP contribution in [0.5, 0.6) is 11.5 Å². The number of carbonyl (C=O) groups excluding carboxylic acids is 1. The van der Waals surface area contributed by atoms with Crippen molar-refractivity contribution in [1.82, 2.24) is 19.9 Å². The number of benzene rings is 1. The number of thioether (sulfide) groups is 1. The molecule has 1 fully saturated rings. The maximum absolute atomic E-state index is 11.4. The monoisotopic (exact) mass is 559 g/mol. The number of aromatic nitrogens is 3. The first-order chi connectivity index (χ1) is 17.5. The molecular formula is C25H30ClN5O4SSi. The van der Waals surface area contributed by atoms with Gasteiger partial charge in [0.15, 0.2) is 16.7 Å². The molecule has 2 heterocycles. The molecule has 2 aromatic heterocycles. The molecule has 1 saturated carbocycles. The Labute approximate surface area is 226 Å². The summed E-state index contributed by atoms with van der Waals surface area (Å²) in [5, 5.41) is 24.8. The number of methoxy groups -OCH3 is 1. The number of phenols is 1. The number of rotatable bonds is 10. The van der Waals surface area contributed by atoms with Crippen molar-refractivity contribution in [2.24, 2.45) is 0 Å². The average Bonchev–Trinajstić information content (AvgIpc) is 3.43. The standard InChI is InChI=1S/C25H30ClN5O4SSi/c1-14(32)28-18-10-21(18)36-25-29-23(16-8-19(33)20(34-2)9-17(16)26)22-15(11-27)12-31(24(22)30-25)13-35-6-7-37(3,4)5/h8-9,12,18,21,33H,6-7,10,13H2,1-5H3,(H,28,32). The molecule has 1 aliphatic rings. The predicted molar refractivity (Wildman–Crippen MR) is 147 cm³/mol. The Morgan fingerprint density at radius 1 is 1.38 bits per heavy atom. The van der Waals surface area contributed by atoms with Crippen LogP contribution < -0.4 is 10.1 Å². The molecule has 1 aromatic carbocycles. The van der Waals surface area contributed by atoms with Gasteiger partial charge in [0.25, 0.3) is 0 Å². The molecule has 2 unspecified atom stereocenters. The van der Waals surface area contributed by atoms with E-state index >= 15 is 0 Å². The number of amides is 1. The number of nitrogens with zero attached hydrogens (tertiary/aromatic N) is 4. The van der Waals surface area contributed by atoms with Crippen molar-refractivity contribution in [2.45, 2.75) is 62.2 Å². The van der Waals surface area contributed by atoms with Crippen LogP contribution in [-0.4, -0.2) is 58.6 Å². The van der Waals surface area contributed by atoms with E-state index in [9.17, 15) is 15.2 Å². The lowest BCUT2D eigenvalue weighted by Gasteiger charge is -2.16. The maximum atomic E-state index is 11.4. The predicted octanol–water partition coefficient (Wildman–Crippen LogP) is 5.02. The summed E-state index contributed by atoms with van der Waals surface area (Å²) in [6.45, 7) is 9.23. The minimum atomic E-state index is -1.26. The summed E-state index contributed by atoms with van der Waals surface area (Å²) in [6.07, 6.45) is 2.52. The summed E-state index contributed by atoms with van der Waals surface area (Å²) in [5.74, 6) is 0.0655. The van der Waals surface area contributed by atoms with Gasteiger partial charge in [0.05, 0.1) is 28.8 Å². The van der Waals surface area contributed by atoms with Crippen molar-refractivity contribution in [3.8, 4) is 28.8 Å². The quantitative estimate of drug-likeness (QED) is 0.202. The number of fused-ring (bicyclic) bond motifs is 1. The van der Waals surface area contributed by atoms with Crippen molar-refractivity contribution >= 4 is 48.4 Å². The fraction of sp³-hybridized carbons (Fsp3) is 0.440. The molecule has 0 bridgehead atoms. The first-order valence-corrected chi connectivity index (χ1v) is 16.9. The Morgan fingerprint density at radius 3 is 2.78 bits per heavy atom. The Balaban J connectivity index is 1.78. The van der Waals surface area contributed by atoms with Crippen molar-refractivity contribution in [3.63, 3.8) is 0 Å². The van der Waals surface area contributed by atoms with Crippen LogP contribution in [0.2, 0.25) is 30.7 Å². The van der Waals surface area contributed by atoms with Gasteiger partial charge in [0.2, 0.25) is 5.91 Å². The van der Waals surface area contributed by atoms with E-state index in [1.807, 2.05) is 4.57 Å². The second-order valence-corrected chi connectivity index (χ2v) is 17.5. The molecule has 12 heteroatoms. The second-order valence-electron chi connectivity index (χ2n) is 10.2. The number of phenolic OH excluding ortho intramolecular Hbond substituents is 1. The maximum Gasteiger partial charge on any atom is 0.217 e. The largest absolute Gasteiger partial charge is 0.504 e. The summed E-state index contributed by atoms with van der Waals surface area (Å²) < 4.78 is 13.0. The Hall–Kier alpha value is -2.78. The third kappa shape index (κ3) is 6.38. The van der Waals surface area contributed by atoms with Crippen LogP contribution in [-0.2, 0) is 16.3 Å². The Morgan fingerprint density at radius 2 is 2.14 bits per heavy atom. The molecule has 2 atom stereocenters. The van der Waals surface area contributed by atoms with Gasteiger partial charge in [-0.2, -0.15) is 5.26 Å². The van der Waals surface area contributed by atoms with Crippen LogP contribution in [0.3, 0.4) is 0 Å². The number of ether oxygens (including phenoxy) is 2. The SMILES string of the molecule is COc1cc(Cl)c(-c2nc(SC3CC3NC(C)=O)nc3c2c(C#N)cn3COCC[Si](C)(C)C)cc1O. The van der Waals surface area contributed by atoms with E-state index in [1.165, 1.54) is 37.9 Å². The van der Waals surface area contributed by atoms with Crippen LogP contribution >= 0.6 is 23.4 Å². The molecule has 1 aliphatic carbocycles. The van der Waals surface area contributed by atoms with E-state index in [-0.39, 0.29) is 35.4 Å². The molecule has 1 amide bonds. The minimum Gasteiger partial charge on any atom is -0.504 e. The van der Waals surface area contributed by atoms with Gasteiger partial charge < -0.3 is 24.5 Å². The number of halogens is 1. The van der Waals surface area contributed by atoms with Gasteiger partial charge in [-0.05, 0) is 18.5 Å². The molecule has 9 nitrogen and oxygen atoms in total. The van der Waals surface area contributed by atoms with E-state index in [0.717, 1.165) is 12.5 Å². The smallest absolute Gasteiger partial charge is 0.217 e. The lowest BCUT2D eigenvalue weighted by molar-refractivity contribution is -0.119. The zero-order valence-electron chi connectivity index (χ0n) is 21.5.